The monoisotopic (exact) mass is 163 g/mol. The highest BCUT2D eigenvalue weighted by atomic mass is 35.5. The van der Waals surface area contributed by atoms with Crippen LogP contribution in [0.1, 0.15) is 12.8 Å². The van der Waals surface area contributed by atoms with Crippen molar-refractivity contribution in [3.63, 3.8) is 0 Å². The maximum absolute atomic E-state index is 9.14. The molecule has 1 heterocycles. The van der Waals surface area contributed by atoms with E-state index in [1.807, 2.05) is 0 Å². The van der Waals surface area contributed by atoms with Gasteiger partial charge in [-0.3, -0.25) is 0 Å². The smallest absolute Gasteiger partial charge is 0.0802 e. The molecular weight excluding hydrogens is 150 g/mol. The Morgan fingerprint density at radius 1 is 1.40 bits per heavy atom. The second-order valence-corrected chi connectivity index (χ2v) is 3.12. The van der Waals surface area contributed by atoms with Crippen molar-refractivity contribution < 1.29 is 5.11 Å². The van der Waals surface area contributed by atoms with E-state index in [4.69, 9.17) is 16.7 Å². The first-order valence-corrected chi connectivity index (χ1v) is 4.33. The maximum atomic E-state index is 9.14. The minimum Gasteiger partial charge on any atom is -0.391 e. The molecule has 0 bridgehead atoms. The molecular formula is C7H14ClNO. The Labute approximate surface area is 66.8 Å². The molecule has 1 aliphatic heterocycles. The first kappa shape index (κ1) is 8.31. The highest BCUT2D eigenvalue weighted by Crippen LogP contribution is 2.07. The first-order chi connectivity index (χ1) is 4.83. The number of likely N-dealkylation sites (tertiary alicyclic amines) is 1. The molecule has 3 heteroatoms. The lowest BCUT2D eigenvalue weighted by molar-refractivity contribution is 0.143. The van der Waals surface area contributed by atoms with Crippen molar-refractivity contribution in [3.05, 3.63) is 0 Å². The zero-order valence-corrected chi connectivity index (χ0v) is 6.85. The molecule has 0 aromatic carbocycles. The Morgan fingerprint density at radius 3 is 2.50 bits per heavy atom. The van der Waals surface area contributed by atoms with Crippen LogP contribution in [0.3, 0.4) is 0 Å². The van der Waals surface area contributed by atoms with Gasteiger partial charge in [-0.2, -0.15) is 0 Å². The lowest BCUT2D eigenvalue weighted by Crippen LogP contribution is -2.30. The van der Waals surface area contributed by atoms with Crippen LogP contribution in [0, 0.1) is 0 Å². The molecule has 1 saturated heterocycles. The Hall–Kier alpha value is 0.210. The van der Waals surface area contributed by atoms with Gasteiger partial charge in [0.2, 0.25) is 0 Å². The van der Waals surface area contributed by atoms with E-state index in [0.717, 1.165) is 19.6 Å². The van der Waals surface area contributed by atoms with Crippen molar-refractivity contribution in [2.24, 2.45) is 0 Å². The van der Waals surface area contributed by atoms with Crippen LogP contribution in [0.15, 0.2) is 0 Å². The highest BCUT2D eigenvalue weighted by Gasteiger charge is 2.14. The minimum absolute atomic E-state index is 0.334. The molecule has 1 atom stereocenters. The van der Waals surface area contributed by atoms with Gasteiger partial charge in [-0.1, -0.05) is 0 Å². The van der Waals surface area contributed by atoms with Crippen molar-refractivity contribution in [2.45, 2.75) is 18.9 Å². The van der Waals surface area contributed by atoms with Gasteiger partial charge in [-0.15, -0.1) is 11.6 Å². The predicted octanol–water partition coefficient (Wildman–Crippen LogP) is 0.682. The molecule has 0 aliphatic carbocycles. The Balaban J connectivity index is 2.11. The molecule has 0 unspecified atom stereocenters. The van der Waals surface area contributed by atoms with Crippen molar-refractivity contribution in [3.8, 4) is 0 Å². The summed E-state index contributed by atoms with van der Waals surface area (Å²) in [5.74, 6) is 0.358. The van der Waals surface area contributed by atoms with Crippen LogP contribution >= 0.6 is 11.6 Å². The molecule has 0 spiro atoms. The van der Waals surface area contributed by atoms with Crippen LogP contribution in [-0.2, 0) is 0 Å². The summed E-state index contributed by atoms with van der Waals surface area (Å²) < 4.78 is 0. The number of β-amino-alcohol motifs (C(OH)–C–C–N with tert-alkyl or cyclic N) is 1. The van der Waals surface area contributed by atoms with Crippen LogP contribution < -0.4 is 0 Å². The maximum Gasteiger partial charge on any atom is 0.0802 e. The van der Waals surface area contributed by atoms with Crippen LogP contribution in [0.4, 0.5) is 0 Å². The fraction of sp³-hybridized carbons (Fsp3) is 1.00. The van der Waals surface area contributed by atoms with Gasteiger partial charge in [0.1, 0.15) is 0 Å². The largest absolute Gasteiger partial charge is 0.391 e. The highest BCUT2D eigenvalue weighted by molar-refractivity contribution is 6.18. The molecule has 60 valence electrons. The van der Waals surface area contributed by atoms with Gasteiger partial charge < -0.3 is 10.0 Å². The second-order valence-electron chi connectivity index (χ2n) is 2.82. The van der Waals surface area contributed by atoms with E-state index < -0.39 is 0 Å². The molecule has 0 aromatic rings. The quantitative estimate of drug-likeness (QED) is 0.619. The van der Waals surface area contributed by atoms with E-state index in [9.17, 15) is 0 Å². The number of aliphatic hydroxyl groups excluding tert-OH is 1. The van der Waals surface area contributed by atoms with Crippen molar-refractivity contribution in [1.82, 2.24) is 4.90 Å². The summed E-state index contributed by atoms with van der Waals surface area (Å²) in [6.45, 7) is 3.02. The summed E-state index contributed by atoms with van der Waals surface area (Å²) in [5, 5.41) is 9.14. The van der Waals surface area contributed by atoms with Gasteiger partial charge in [-0.05, 0) is 25.9 Å². The van der Waals surface area contributed by atoms with Gasteiger partial charge >= 0.3 is 0 Å². The SMILES string of the molecule is O[C@H](CCl)CN1CCCC1. The minimum atomic E-state index is -0.334. The number of alkyl halides is 1. The first-order valence-electron chi connectivity index (χ1n) is 3.79. The van der Waals surface area contributed by atoms with Gasteiger partial charge in [-0.25, -0.2) is 0 Å². The molecule has 10 heavy (non-hydrogen) atoms. The number of nitrogens with zero attached hydrogens (tertiary/aromatic N) is 1. The predicted molar refractivity (Wildman–Crippen MR) is 42.4 cm³/mol. The van der Waals surface area contributed by atoms with E-state index >= 15 is 0 Å². The molecule has 1 N–H and O–H groups in total. The number of aliphatic hydroxyl groups is 1. The average molecular weight is 164 g/mol. The summed E-state index contributed by atoms with van der Waals surface area (Å²) in [7, 11) is 0. The summed E-state index contributed by atoms with van der Waals surface area (Å²) >= 11 is 5.45. The average Bonchev–Trinajstić information content (AvgIpc) is 2.40. The van der Waals surface area contributed by atoms with E-state index in [-0.39, 0.29) is 6.10 Å². The Bertz CT molecular complexity index is 93.6. The van der Waals surface area contributed by atoms with Crippen molar-refractivity contribution in [1.29, 1.82) is 0 Å². The number of rotatable bonds is 3. The van der Waals surface area contributed by atoms with E-state index in [1.165, 1.54) is 12.8 Å². The van der Waals surface area contributed by atoms with Crippen LogP contribution in [-0.4, -0.2) is 41.6 Å². The van der Waals surface area contributed by atoms with E-state index in [0.29, 0.717) is 5.88 Å². The van der Waals surface area contributed by atoms with E-state index in [1.54, 1.807) is 0 Å². The molecule has 0 radical (unpaired) electrons. The molecule has 1 fully saturated rings. The summed E-state index contributed by atoms with van der Waals surface area (Å²) in [4.78, 5) is 2.26. The fourth-order valence-electron chi connectivity index (χ4n) is 1.31. The van der Waals surface area contributed by atoms with Gasteiger partial charge in [0.25, 0.3) is 0 Å². The zero-order chi connectivity index (χ0) is 7.40. The second kappa shape index (κ2) is 4.16. The lowest BCUT2D eigenvalue weighted by atomic mass is 10.4. The Morgan fingerprint density at radius 2 is 2.00 bits per heavy atom. The summed E-state index contributed by atoms with van der Waals surface area (Å²) in [5.41, 5.74) is 0. The molecule has 0 saturated carbocycles. The van der Waals surface area contributed by atoms with Gasteiger partial charge in [0, 0.05) is 12.4 Å². The van der Waals surface area contributed by atoms with E-state index in [2.05, 4.69) is 4.90 Å². The molecule has 1 rings (SSSR count). The third-order valence-electron chi connectivity index (χ3n) is 1.85. The fourth-order valence-corrected chi connectivity index (χ4v) is 1.41. The third kappa shape index (κ3) is 2.45. The summed E-state index contributed by atoms with van der Waals surface area (Å²) in [6.07, 6.45) is 2.21. The van der Waals surface area contributed by atoms with Crippen molar-refractivity contribution in [2.75, 3.05) is 25.5 Å². The van der Waals surface area contributed by atoms with Gasteiger partial charge in [0.15, 0.2) is 0 Å². The van der Waals surface area contributed by atoms with Crippen molar-refractivity contribution >= 4 is 11.6 Å². The van der Waals surface area contributed by atoms with Crippen LogP contribution in [0.25, 0.3) is 0 Å². The van der Waals surface area contributed by atoms with Gasteiger partial charge in [0.05, 0.1) is 6.10 Å². The summed E-state index contributed by atoms with van der Waals surface area (Å²) in [6, 6.07) is 0. The third-order valence-corrected chi connectivity index (χ3v) is 2.20. The standard InChI is InChI=1S/C7H14ClNO/c8-5-7(10)6-9-3-1-2-4-9/h7,10H,1-6H2/t7-/m1/s1. The number of halogens is 1. The molecule has 1 aliphatic rings. The molecule has 0 aromatic heterocycles. The molecule has 0 amide bonds. The number of hydrogen-bond donors (Lipinski definition) is 1. The normalized spacial score (nSPS) is 23.4. The number of hydrogen-bond acceptors (Lipinski definition) is 2. The topological polar surface area (TPSA) is 23.5 Å². The Kier molecular flexibility index (Phi) is 3.46. The molecule has 2 nitrogen and oxygen atoms in total. The van der Waals surface area contributed by atoms with Crippen LogP contribution in [0.5, 0.6) is 0 Å². The zero-order valence-electron chi connectivity index (χ0n) is 6.09. The lowest BCUT2D eigenvalue weighted by Gasteiger charge is -2.16. The van der Waals surface area contributed by atoms with Crippen LogP contribution in [0.2, 0.25) is 0 Å².